The summed E-state index contributed by atoms with van der Waals surface area (Å²) in [5.41, 5.74) is 3.13. The van der Waals surface area contributed by atoms with E-state index in [9.17, 15) is 9.59 Å². The van der Waals surface area contributed by atoms with Crippen LogP contribution in [0.1, 0.15) is 49.6 Å². The van der Waals surface area contributed by atoms with E-state index >= 15 is 0 Å². The fourth-order valence-electron chi connectivity index (χ4n) is 3.11. The molecule has 0 amide bonds. The Morgan fingerprint density at radius 3 is 2.29 bits per heavy atom. The van der Waals surface area contributed by atoms with Crippen LogP contribution in [-0.2, 0) is 16.1 Å². The fraction of sp³-hybridized carbons (Fsp3) is 0.381. The smallest absolute Gasteiger partial charge is 0.328 e. The van der Waals surface area contributed by atoms with Gasteiger partial charge in [0.05, 0.1) is 5.52 Å². The van der Waals surface area contributed by atoms with Gasteiger partial charge < -0.3 is 4.74 Å². The van der Waals surface area contributed by atoms with E-state index < -0.39 is 11.6 Å². The fourth-order valence-corrected chi connectivity index (χ4v) is 3.11. The Hall–Kier alpha value is -3.09. The number of rotatable bonds is 4. The Labute approximate surface area is 163 Å². The van der Waals surface area contributed by atoms with Crippen molar-refractivity contribution >= 4 is 22.7 Å². The molecule has 0 aliphatic heterocycles. The summed E-state index contributed by atoms with van der Waals surface area (Å²) < 4.78 is 6.95. The normalized spacial score (nSPS) is 11.6. The standard InChI is InChI=1S/C21H24N4O3/c1-12-7-15(16-9-22-14(3)23-10-16)8-17-19(13(2)26)24-25(20(12)17)11-18(27)28-21(4,5)6/h7-10H,11H2,1-6H3. The van der Waals surface area contributed by atoms with E-state index in [-0.39, 0.29) is 12.3 Å². The van der Waals surface area contributed by atoms with Gasteiger partial charge in [0, 0.05) is 30.3 Å². The van der Waals surface area contributed by atoms with E-state index in [0.717, 1.165) is 22.2 Å². The van der Waals surface area contributed by atoms with Crippen molar-refractivity contribution in [2.75, 3.05) is 0 Å². The highest BCUT2D eigenvalue weighted by Crippen LogP contribution is 2.29. The highest BCUT2D eigenvalue weighted by molar-refractivity contribution is 6.06. The van der Waals surface area contributed by atoms with Crippen LogP contribution in [0.3, 0.4) is 0 Å². The first kappa shape index (κ1) is 19.7. The van der Waals surface area contributed by atoms with Crippen LogP contribution >= 0.6 is 0 Å². The molecule has 0 unspecified atom stereocenters. The lowest BCUT2D eigenvalue weighted by Crippen LogP contribution is -2.27. The molecule has 7 nitrogen and oxygen atoms in total. The van der Waals surface area contributed by atoms with Crippen molar-refractivity contribution in [2.24, 2.45) is 0 Å². The number of esters is 1. The van der Waals surface area contributed by atoms with Crippen molar-refractivity contribution in [3.63, 3.8) is 0 Å². The number of benzene rings is 1. The minimum Gasteiger partial charge on any atom is -0.459 e. The number of ketones is 1. The predicted octanol–water partition coefficient (Wildman–Crippen LogP) is 3.65. The second-order valence-electron chi connectivity index (χ2n) is 7.86. The summed E-state index contributed by atoms with van der Waals surface area (Å²) in [5.74, 6) is 0.128. The molecule has 2 aromatic heterocycles. The third kappa shape index (κ3) is 4.08. The van der Waals surface area contributed by atoms with Gasteiger partial charge in [0.15, 0.2) is 5.78 Å². The molecule has 0 spiro atoms. The molecule has 0 saturated carbocycles. The minimum absolute atomic E-state index is 0.0606. The topological polar surface area (TPSA) is 87.0 Å². The number of ether oxygens (including phenoxy) is 1. The van der Waals surface area contributed by atoms with E-state index in [0.29, 0.717) is 16.9 Å². The molecule has 146 valence electrons. The number of aryl methyl sites for hydroxylation is 2. The monoisotopic (exact) mass is 380 g/mol. The highest BCUT2D eigenvalue weighted by atomic mass is 16.6. The number of carbonyl (C=O) groups is 2. The van der Waals surface area contributed by atoms with Gasteiger partial charge in [-0.05, 0) is 57.9 Å². The summed E-state index contributed by atoms with van der Waals surface area (Å²) in [4.78, 5) is 33.0. The van der Waals surface area contributed by atoms with Crippen molar-refractivity contribution in [3.05, 3.63) is 41.6 Å². The predicted molar refractivity (Wildman–Crippen MR) is 106 cm³/mol. The Morgan fingerprint density at radius 1 is 1.07 bits per heavy atom. The van der Waals surface area contributed by atoms with Crippen LogP contribution in [0.15, 0.2) is 24.5 Å². The number of hydrogen-bond donors (Lipinski definition) is 0. The highest BCUT2D eigenvalue weighted by Gasteiger charge is 2.22. The van der Waals surface area contributed by atoms with Gasteiger partial charge in [-0.3, -0.25) is 14.3 Å². The van der Waals surface area contributed by atoms with Crippen LogP contribution in [0.25, 0.3) is 22.0 Å². The number of Topliss-reactive ketones (excluding diaryl/α,β-unsaturated/α-hetero) is 1. The molecule has 0 N–H and O–H groups in total. The summed E-state index contributed by atoms with van der Waals surface area (Å²) >= 11 is 0. The average Bonchev–Trinajstić information content (AvgIpc) is 2.92. The molecule has 3 rings (SSSR count). The zero-order valence-electron chi connectivity index (χ0n) is 17.0. The average molecular weight is 380 g/mol. The Bertz CT molecular complexity index is 1060. The second kappa shape index (κ2) is 7.14. The molecule has 2 heterocycles. The maximum absolute atomic E-state index is 12.3. The third-order valence-corrected chi connectivity index (χ3v) is 4.18. The summed E-state index contributed by atoms with van der Waals surface area (Å²) in [6, 6.07) is 3.87. The molecule has 0 radical (unpaired) electrons. The molecule has 0 fully saturated rings. The summed E-state index contributed by atoms with van der Waals surface area (Å²) in [5, 5.41) is 5.10. The molecule has 0 atom stereocenters. The van der Waals surface area contributed by atoms with Gasteiger partial charge in [-0.1, -0.05) is 0 Å². The number of carbonyl (C=O) groups excluding carboxylic acids is 2. The SMILES string of the molecule is CC(=O)c1nn(CC(=O)OC(C)(C)C)c2c(C)cc(-c3cnc(C)nc3)cc12. The Morgan fingerprint density at radius 2 is 1.71 bits per heavy atom. The van der Waals surface area contributed by atoms with Crippen LogP contribution in [0, 0.1) is 13.8 Å². The third-order valence-electron chi connectivity index (χ3n) is 4.18. The lowest BCUT2D eigenvalue weighted by molar-refractivity contribution is -0.155. The van der Waals surface area contributed by atoms with Crippen LogP contribution in [0.5, 0.6) is 0 Å². The van der Waals surface area contributed by atoms with Gasteiger partial charge in [-0.2, -0.15) is 5.10 Å². The van der Waals surface area contributed by atoms with Crippen LogP contribution < -0.4 is 0 Å². The number of nitrogens with zero attached hydrogens (tertiary/aromatic N) is 4. The van der Waals surface area contributed by atoms with Gasteiger partial charge in [-0.15, -0.1) is 0 Å². The molecule has 28 heavy (non-hydrogen) atoms. The molecule has 1 aromatic carbocycles. The molecule has 7 heteroatoms. The van der Waals surface area contributed by atoms with Crippen molar-refractivity contribution < 1.29 is 14.3 Å². The molecule has 0 bridgehead atoms. The van der Waals surface area contributed by atoms with Crippen molar-refractivity contribution in [3.8, 4) is 11.1 Å². The van der Waals surface area contributed by atoms with E-state index in [4.69, 9.17) is 4.74 Å². The summed E-state index contributed by atoms with van der Waals surface area (Å²) in [6.07, 6.45) is 3.50. The molecular weight excluding hydrogens is 356 g/mol. The molecule has 0 saturated heterocycles. The summed E-state index contributed by atoms with van der Waals surface area (Å²) in [6.45, 7) is 10.6. The van der Waals surface area contributed by atoms with E-state index in [2.05, 4.69) is 15.1 Å². The molecule has 0 aliphatic rings. The maximum atomic E-state index is 12.3. The molecule has 3 aromatic rings. The second-order valence-corrected chi connectivity index (χ2v) is 7.86. The Balaban J connectivity index is 2.11. The first-order chi connectivity index (χ1) is 13.0. The van der Waals surface area contributed by atoms with Crippen LogP contribution in [0.4, 0.5) is 0 Å². The lowest BCUT2D eigenvalue weighted by atomic mass is 10.0. The first-order valence-corrected chi connectivity index (χ1v) is 9.08. The van der Waals surface area contributed by atoms with Crippen LogP contribution in [0.2, 0.25) is 0 Å². The zero-order valence-corrected chi connectivity index (χ0v) is 17.0. The Kier molecular flexibility index (Phi) is 5.02. The van der Waals surface area contributed by atoms with Crippen molar-refractivity contribution in [1.29, 1.82) is 0 Å². The first-order valence-electron chi connectivity index (χ1n) is 9.08. The van der Waals surface area contributed by atoms with Gasteiger partial charge in [0.1, 0.15) is 23.7 Å². The lowest BCUT2D eigenvalue weighted by Gasteiger charge is -2.19. The number of hydrogen-bond acceptors (Lipinski definition) is 6. The molecule has 0 aliphatic carbocycles. The van der Waals surface area contributed by atoms with E-state index in [1.807, 2.05) is 46.8 Å². The van der Waals surface area contributed by atoms with E-state index in [1.54, 1.807) is 17.1 Å². The van der Waals surface area contributed by atoms with Gasteiger partial charge in [0.2, 0.25) is 0 Å². The summed E-state index contributed by atoms with van der Waals surface area (Å²) in [7, 11) is 0. The van der Waals surface area contributed by atoms with Crippen molar-refractivity contribution in [1.82, 2.24) is 19.7 Å². The van der Waals surface area contributed by atoms with Gasteiger partial charge in [-0.25, -0.2) is 9.97 Å². The molecular formula is C21H24N4O3. The van der Waals surface area contributed by atoms with Gasteiger partial charge in [0.25, 0.3) is 0 Å². The number of fused-ring (bicyclic) bond motifs is 1. The number of aromatic nitrogens is 4. The van der Waals surface area contributed by atoms with Gasteiger partial charge >= 0.3 is 5.97 Å². The van der Waals surface area contributed by atoms with Crippen LogP contribution in [-0.4, -0.2) is 37.1 Å². The quantitative estimate of drug-likeness (QED) is 0.507. The minimum atomic E-state index is -0.586. The largest absolute Gasteiger partial charge is 0.459 e. The van der Waals surface area contributed by atoms with E-state index in [1.165, 1.54) is 6.92 Å². The zero-order chi connectivity index (χ0) is 20.6. The maximum Gasteiger partial charge on any atom is 0.328 e. The van der Waals surface area contributed by atoms with Crippen molar-refractivity contribution in [2.45, 2.75) is 53.7 Å².